The van der Waals surface area contributed by atoms with Gasteiger partial charge in [0.2, 0.25) is 0 Å². The normalized spacial score (nSPS) is 10.2. The first-order valence-electron chi connectivity index (χ1n) is 17.1. The van der Waals surface area contributed by atoms with Gasteiger partial charge in [-0.2, -0.15) is 23.5 Å². The van der Waals surface area contributed by atoms with E-state index < -0.39 is 11.9 Å². The quantitative estimate of drug-likeness (QED) is 0.0544. The number of carboxylic acids is 2. The van der Waals surface area contributed by atoms with E-state index in [1.165, 1.54) is 165 Å². The first-order valence-corrected chi connectivity index (χ1v) is 25.1. The topological polar surface area (TPSA) is 80.3 Å². The Bertz CT molecular complexity index is 453. The molecule has 41 heavy (non-hydrogen) atoms. The van der Waals surface area contributed by atoms with E-state index in [9.17, 15) is 19.8 Å². The van der Waals surface area contributed by atoms with Crippen LogP contribution in [0.2, 0.25) is 9.88 Å². The maximum atomic E-state index is 10.2. The van der Waals surface area contributed by atoms with Crippen LogP contribution in [-0.4, -0.2) is 56.1 Å². The van der Waals surface area contributed by atoms with Gasteiger partial charge in [0.25, 0.3) is 0 Å². The molecular weight excluding hydrogens is 655 g/mol. The molecule has 0 amide bonds. The van der Waals surface area contributed by atoms with Crippen LogP contribution in [0.25, 0.3) is 0 Å². The number of carbonyl (C=O) groups is 2. The van der Waals surface area contributed by atoms with Gasteiger partial charge in [0.05, 0.1) is 11.9 Å². The molecule has 0 unspecified atom stereocenters. The fraction of sp³-hybridized carbons (Fsp3) is 0.941. The summed E-state index contributed by atoms with van der Waals surface area (Å²) >= 11 is 3.19. The Hall–Kier alpha value is 0.439. The second kappa shape index (κ2) is 44.9. The van der Waals surface area contributed by atoms with Crippen molar-refractivity contribution in [2.24, 2.45) is 0 Å². The van der Waals surface area contributed by atoms with Crippen LogP contribution in [0.4, 0.5) is 0 Å². The molecule has 0 saturated carbocycles. The number of rotatable bonds is 30. The number of thioether (sulfide) groups is 2. The van der Waals surface area contributed by atoms with Crippen molar-refractivity contribution in [2.45, 2.75) is 178 Å². The van der Waals surface area contributed by atoms with Crippen molar-refractivity contribution in [1.82, 2.24) is 0 Å². The molecule has 7 heteroatoms. The second-order valence-corrected chi connectivity index (χ2v) is 16.2. The molecule has 0 aromatic heterocycles. The van der Waals surface area contributed by atoms with Crippen molar-refractivity contribution in [3.63, 3.8) is 0 Å². The standard InChI is InChI=1S/2C16H32O2S.2CH3.Sn/c2*1-2-3-4-5-6-7-8-9-10-11-12-13-14-19-15-16(17)18;;;/h2*2-15H2,1H3,(H,17,18);2*1H3;/q;;;;+2/p-2. The van der Waals surface area contributed by atoms with E-state index in [0.717, 1.165) is 24.3 Å². The summed E-state index contributed by atoms with van der Waals surface area (Å²) in [4.78, 5) is 25.0. The van der Waals surface area contributed by atoms with E-state index in [1.54, 1.807) is 0 Å². The van der Waals surface area contributed by atoms with Crippen LogP contribution >= 0.6 is 23.5 Å². The molecule has 4 nitrogen and oxygen atoms in total. The minimum atomic E-state index is -0.941. The summed E-state index contributed by atoms with van der Waals surface area (Å²) in [6.45, 7) is 4.52. The molecule has 0 rings (SSSR count). The molecule has 0 saturated heterocycles. The zero-order valence-corrected chi connectivity index (χ0v) is 32.2. The number of carboxylic acid groups (broad SMARTS) is 2. The fourth-order valence-corrected chi connectivity index (χ4v) is 5.84. The molecule has 0 aromatic rings. The summed E-state index contributed by atoms with van der Waals surface area (Å²) in [5, 5.41) is 20.4. The molecule has 0 atom stereocenters. The Morgan fingerprint density at radius 2 is 0.634 bits per heavy atom. The first kappa shape index (κ1) is 45.9. The van der Waals surface area contributed by atoms with Crippen molar-refractivity contribution in [1.29, 1.82) is 0 Å². The van der Waals surface area contributed by atoms with Gasteiger partial charge in [0.15, 0.2) is 0 Å². The summed E-state index contributed by atoms with van der Waals surface area (Å²) in [6.07, 6.45) is 32.4. The van der Waals surface area contributed by atoms with Crippen LogP contribution in [0, 0.1) is 0 Å². The second-order valence-electron chi connectivity index (χ2n) is 11.1. The van der Waals surface area contributed by atoms with Crippen LogP contribution in [0.15, 0.2) is 0 Å². The average molecular weight is 724 g/mol. The van der Waals surface area contributed by atoms with Crippen LogP contribution in [-0.2, 0) is 9.59 Å². The average Bonchev–Trinajstić information content (AvgIpc) is 2.94. The summed E-state index contributed by atoms with van der Waals surface area (Å²) in [7, 11) is 0. The molecule has 0 heterocycles. The van der Waals surface area contributed by atoms with E-state index in [0.29, 0.717) is 0 Å². The Balaban J connectivity index is -0.000000642. The molecule has 0 radical (unpaired) electrons. The van der Waals surface area contributed by atoms with Gasteiger partial charge in [-0.1, -0.05) is 155 Å². The predicted molar refractivity (Wildman–Crippen MR) is 184 cm³/mol. The molecule has 0 N–H and O–H groups in total. The van der Waals surface area contributed by atoms with Crippen molar-refractivity contribution in [3.05, 3.63) is 0 Å². The van der Waals surface area contributed by atoms with Crippen LogP contribution < -0.4 is 10.2 Å². The molecule has 244 valence electrons. The van der Waals surface area contributed by atoms with Crippen molar-refractivity contribution in [2.75, 3.05) is 23.0 Å². The van der Waals surface area contributed by atoms with Gasteiger partial charge in [-0.05, 0) is 24.3 Å². The molecule has 0 aliphatic carbocycles. The van der Waals surface area contributed by atoms with Gasteiger partial charge < -0.3 is 19.8 Å². The Morgan fingerprint density at radius 1 is 0.439 bits per heavy atom. The van der Waals surface area contributed by atoms with Gasteiger partial charge in [0, 0.05) is 11.5 Å². The van der Waals surface area contributed by atoms with Crippen LogP contribution in [0.1, 0.15) is 168 Å². The van der Waals surface area contributed by atoms with Gasteiger partial charge >= 0.3 is 31.0 Å². The number of hydrogen-bond acceptors (Lipinski definition) is 6. The number of unbranched alkanes of at least 4 members (excludes halogenated alkanes) is 22. The third kappa shape index (κ3) is 56.8. The number of carbonyl (C=O) groups excluding carboxylic acids is 2. The van der Waals surface area contributed by atoms with Gasteiger partial charge in [0.1, 0.15) is 0 Å². The van der Waals surface area contributed by atoms with E-state index in [-0.39, 0.29) is 32.6 Å². The molecule has 0 aromatic carbocycles. The van der Waals surface area contributed by atoms with Gasteiger partial charge in [-0.3, -0.25) is 0 Å². The van der Waals surface area contributed by atoms with E-state index in [2.05, 4.69) is 23.7 Å². The van der Waals surface area contributed by atoms with Crippen molar-refractivity contribution in [3.8, 4) is 0 Å². The summed E-state index contributed by atoms with van der Waals surface area (Å²) in [5.41, 5.74) is 0. The zero-order chi connectivity index (χ0) is 31.1. The number of aliphatic carboxylic acids is 2. The zero-order valence-electron chi connectivity index (χ0n) is 27.7. The van der Waals surface area contributed by atoms with Gasteiger partial charge in [-0.25, -0.2) is 0 Å². The Labute approximate surface area is 275 Å². The van der Waals surface area contributed by atoms with Crippen molar-refractivity contribution < 1.29 is 19.8 Å². The molecule has 0 fully saturated rings. The molecule has 0 bridgehead atoms. The molecule has 0 aliphatic heterocycles. The minimum absolute atomic E-state index is 0.151. The molecule has 0 spiro atoms. The molecular formula is C34H68O4S2Sn. The first-order chi connectivity index (χ1) is 20.0. The van der Waals surface area contributed by atoms with Crippen LogP contribution in [0.3, 0.4) is 0 Å². The van der Waals surface area contributed by atoms with Crippen LogP contribution in [0.5, 0.6) is 0 Å². The summed E-state index contributed by atoms with van der Waals surface area (Å²) < 4.78 is 0. The SMILES string of the molecule is CCCCCCCCCCCCCCSCC(=O)[O-].CCCCCCCCCCCCCCSCC(=O)[O-].[CH3][Sn+2][CH3]. The predicted octanol–water partition coefficient (Wildman–Crippen LogP) is 9.13. The Kier molecular flexibility index (Phi) is 50.2. The van der Waals surface area contributed by atoms with E-state index >= 15 is 0 Å². The number of hydrogen-bond donors (Lipinski definition) is 0. The Morgan fingerprint density at radius 3 is 0.829 bits per heavy atom. The maximum absolute atomic E-state index is 10.2. The van der Waals surface area contributed by atoms with E-state index in [4.69, 9.17) is 0 Å². The summed E-state index contributed by atoms with van der Waals surface area (Å²) in [6, 6.07) is 0. The third-order valence-electron chi connectivity index (χ3n) is 6.72. The van der Waals surface area contributed by atoms with Crippen molar-refractivity contribution >= 4 is 56.6 Å². The molecule has 0 aliphatic rings. The third-order valence-corrected chi connectivity index (χ3v) is 8.76. The fourth-order valence-electron chi connectivity index (χ4n) is 4.40. The monoisotopic (exact) mass is 724 g/mol. The van der Waals surface area contributed by atoms with E-state index in [1.807, 2.05) is 0 Å². The summed E-state index contributed by atoms with van der Waals surface area (Å²) in [5.74, 6) is 0.347. The van der Waals surface area contributed by atoms with Gasteiger partial charge in [-0.15, -0.1) is 0 Å².